The van der Waals surface area contributed by atoms with E-state index in [1.165, 1.54) is 18.2 Å². The SMILES string of the molecule is CCC(C)CNC(=O)c1ccc([N+](=O)[O-])c(NN)c1. The van der Waals surface area contributed by atoms with Crippen molar-refractivity contribution in [2.75, 3.05) is 12.0 Å². The zero-order valence-corrected chi connectivity index (χ0v) is 11.0. The smallest absolute Gasteiger partial charge is 0.293 e. The first kappa shape index (κ1) is 14.9. The molecule has 104 valence electrons. The summed E-state index contributed by atoms with van der Waals surface area (Å²) in [6.07, 6.45) is 0.968. The quantitative estimate of drug-likeness (QED) is 0.412. The van der Waals surface area contributed by atoms with Crippen molar-refractivity contribution in [3.63, 3.8) is 0 Å². The highest BCUT2D eigenvalue weighted by Crippen LogP contribution is 2.24. The summed E-state index contributed by atoms with van der Waals surface area (Å²) in [5.41, 5.74) is 2.51. The fourth-order valence-corrected chi connectivity index (χ4v) is 1.47. The normalized spacial score (nSPS) is 11.7. The van der Waals surface area contributed by atoms with Crippen molar-refractivity contribution in [1.82, 2.24) is 5.32 Å². The van der Waals surface area contributed by atoms with Gasteiger partial charge in [0.25, 0.3) is 11.6 Å². The molecule has 1 atom stereocenters. The lowest BCUT2D eigenvalue weighted by molar-refractivity contribution is -0.384. The number of nitro groups is 1. The second-order valence-electron chi connectivity index (χ2n) is 4.36. The van der Waals surface area contributed by atoms with Crippen molar-refractivity contribution in [2.24, 2.45) is 11.8 Å². The number of hydrazine groups is 1. The molecular weight excluding hydrogens is 248 g/mol. The lowest BCUT2D eigenvalue weighted by Crippen LogP contribution is -2.28. The van der Waals surface area contributed by atoms with Gasteiger partial charge in [-0.2, -0.15) is 0 Å². The van der Waals surface area contributed by atoms with E-state index in [1.807, 2.05) is 13.8 Å². The van der Waals surface area contributed by atoms with Gasteiger partial charge in [-0.05, 0) is 18.1 Å². The molecule has 0 bridgehead atoms. The van der Waals surface area contributed by atoms with Gasteiger partial charge >= 0.3 is 0 Å². The van der Waals surface area contributed by atoms with E-state index in [0.29, 0.717) is 18.0 Å². The summed E-state index contributed by atoms with van der Waals surface area (Å²) >= 11 is 0. The summed E-state index contributed by atoms with van der Waals surface area (Å²) in [6, 6.07) is 4.03. The van der Waals surface area contributed by atoms with Crippen LogP contribution in [0.5, 0.6) is 0 Å². The van der Waals surface area contributed by atoms with Crippen molar-refractivity contribution >= 4 is 17.3 Å². The van der Waals surface area contributed by atoms with Gasteiger partial charge in [-0.15, -0.1) is 0 Å². The maximum atomic E-state index is 11.9. The van der Waals surface area contributed by atoms with Gasteiger partial charge in [0.05, 0.1) is 4.92 Å². The Kier molecular flexibility index (Phi) is 5.25. The molecule has 0 fully saturated rings. The molecule has 0 spiro atoms. The number of nitrogens with two attached hydrogens (primary N) is 1. The molecule has 0 aliphatic heterocycles. The number of hydrogen-bond acceptors (Lipinski definition) is 5. The van der Waals surface area contributed by atoms with Crippen LogP contribution in [-0.2, 0) is 0 Å². The minimum Gasteiger partial charge on any atom is -0.352 e. The molecule has 0 aliphatic carbocycles. The number of benzene rings is 1. The van der Waals surface area contributed by atoms with Gasteiger partial charge in [-0.25, -0.2) is 0 Å². The van der Waals surface area contributed by atoms with Crippen LogP contribution in [0.2, 0.25) is 0 Å². The van der Waals surface area contributed by atoms with Crippen LogP contribution in [0.25, 0.3) is 0 Å². The van der Waals surface area contributed by atoms with Crippen LogP contribution in [0.3, 0.4) is 0 Å². The number of rotatable bonds is 6. The molecule has 0 saturated heterocycles. The highest BCUT2D eigenvalue weighted by Gasteiger charge is 2.16. The molecule has 0 heterocycles. The Balaban J connectivity index is 2.84. The molecule has 1 amide bonds. The Labute approximate surface area is 111 Å². The summed E-state index contributed by atoms with van der Waals surface area (Å²) in [5.74, 6) is 5.33. The van der Waals surface area contributed by atoms with E-state index >= 15 is 0 Å². The van der Waals surface area contributed by atoms with E-state index in [-0.39, 0.29) is 17.3 Å². The Morgan fingerprint density at radius 1 is 1.53 bits per heavy atom. The summed E-state index contributed by atoms with van der Waals surface area (Å²) in [5, 5.41) is 13.5. The number of hydrogen-bond donors (Lipinski definition) is 3. The summed E-state index contributed by atoms with van der Waals surface area (Å²) < 4.78 is 0. The zero-order chi connectivity index (χ0) is 14.4. The lowest BCUT2D eigenvalue weighted by atomic mass is 10.1. The van der Waals surface area contributed by atoms with Crippen LogP contribution < -0.4 is 16.6 Å². The third kappa shape index (κ3) is 3.92. The molecule has 7 nitrogen and oxygen atoms in total. The molecule has 0 aliphatic rings. The number of nitrogen functional groups attached to an aromatic ring is 1. The maximum absolute atomic E-state index is 11.9. The van der Waals surface area contributed by atoms with Crippen LogP contribution in [0.4, 0.5) is 11.4 Å². The summed E-state index contributed by atoms with van der Waals surface area (Å²) in [6.45, 7) is 4.64. The largest absolute Gasteiger partial charge is 0.352 e. The predicted octanol–water partition coefficient (Wildman–Crippen LogP) is 1.66. The first-order chi connectivity index (χ1) is 8.99. The van der Waals surface area contributed by atoms with Crippen LogP contribution >= 0.6 is 0 Å². The maximum Gasteiger partial charge on any atom is 0.293 e. The van der Waals surface area contributed by atoms with Gasteiger partial charge < -0.3 is 10.7 Å². The van der Waals surface area contributed by atoms with E-state index < -0.39 is 4.92 Å². The van der Waals surface area contributed by atoms with Crippen LogP contribution in [-0.4, -0.2) is 17.4 Å². The van der Waals surface area contributed by atoms with Crippen LogP contribution in [0.1, 0.15) is 30.6 Å². The first-order valence-corrected chi connectivity index (χ1v) is 6.02. The highest BCUT2D eigenvalue weighted by molar-refractivity contribution is 5.95. The molecule has 1 aromatic carbocycles. The summed E-state index contributed by atoms with van der Waals surface area (Å²) in [4.78, 5) is 22.0. The third-order valence-corrected chi connectivity index (χ3v) is 2.92. The van der Waals surface area contributed by atoms with Gasteiger partial charge in [0, 0.05) is 18.2 Å². The first-order valence-electron chi connectivity index (χ1n) is 6.02. The second-order valence-corrected chi connectivity index (χ2v) is 4.36. The van der Waals surface area contributed by atoms with Crippen molar-refractivity contribution in [3.8, 4) is 0 Å². The predicted molar refractivity (Wildman–Crippen MR) is 72.7 cm³/mol. The van der Waals surface area contributed by atoms with Crippen molar-refractivity contribution in [3.05, 3.63) is 33.9 Å². The van der Waals surface area contributed by atoms with Gasteiger partial charge in [0.1, 0.15) is 5.69 Å². The molecule has 0 aromatic heterocycles. The Morgan fingerprint density at radius 2 is 2.21 bits per heavy atom. The van der Waals surface area contributed by atoms with E-state index in [2.05, 4.69) is 10.7 Å². The monoisotopic (exact) mass is 266 g/mol. The number of nitro benzene ring substituents is 1. The molecule has 19 heavy (non-hydrogen) atoms. The molecule has 1 aromatic rings. The molecule has 0 radical (unpaired) electrons. The summed E-state index contributed by atoms with van der Waals surface area (Å²) in [7, 11) is 0. The van der Waals surface area contributed by atoms with E-state index in [0.717, 1.165) is 6.42 Å². The highest BCUT2D eigenvalue weighted by atomic mass is 16.6. The minimum atomic E-state index is -0.559. The number of anilines is 1. The number of carbonyl (C=O) groups excluding carboxylic acids is 1. The lowest BCUT2D eigenvalue weighted by Gasteiger charge is -2.10. The number of nitrogens with one attached hydrogen (secondary N) is 2. The van der Waals surface area contributed by atoms with E-state index in [4.69, 9.17) is 5.84 Å². The zero-order valence-electron chi connectivity index (χ0n) is 11.0. The Morgan fingerprint density at radius 3 is 2.74 bits per heavy atom. The molecule has 7 heteroatoms. The van der Waals surface area contributed by atoms with E-state index in [9.17, 15) is 14.9 Å². The number of carbonyl (C=O) groups is 1. The van der Waals surface area contributed by atoms with Gasteiger partial charge in [0.15, 0.2) is 0 Å². The second kappa shape index (κ2) is 6.69. The van der Waals surface area contributed by atoms with Crippen molar-refractivity contribution < 1.29 is 9.72 Å². The average Bonchev–Trinajstić information content (AvgIpc) is 2.43. The number of nitrogens with zero attached hydrogens (tertiary/aromatic N) is 1. The standard InChI is InChI=1S/C12H18N4O3/c1-3-8(2)7-14-12(17)9-4-5-11(16(18)19)10(6-9)15-13/h4-6,8,15H,3,7,13H2,1-2H3,(H,14,17). The molecule has 4 N–H and O–H groups in total. The number of amides is 1. The van der Waals surface area contributed by atoms with Crippen molar-refractivity contribution in [1.29, 1.82) is 0 Å². The molecule has 1 unspecified atom stereocenters. The Bertz CT molecular complexity index is 476. The van der Waals surface area contributed by atoms with Gasteiger partial charge in [-0.3, -0.25) is 20.8 Å². The minimum absolute atomic E-state index is 0.112. The topological polar surface area (TPSA) is 110 Å². The van der Waals surface area contributed by atoms with Crippen molar-refractivity contribution in [2.45, 2.75) is 20.3 Å². The van der Waals surface area contributed by atoms with Crippen LogP contribution in [0.15, 0.2) is 18.2 Å². The Hall–Kier alpha value is -2.15. The molecular formula is C12H18N4O3. The van der Waals surface area contributed by atoms with Crippen LogP contribution in [0, 0.1) is 16.0 Å². The fraction of sp³-hybridized carbons (Fsp3) is 0.417. The molecule has 0 saturated carbocycles. The fourth-order valence-electron chi connectivity index (χ4n) is 1.47. The molecule has 1 rings (SSSR count). The average molecular weight is 266 g/mol. The third-order valence-electron chi connectivity index (χ3n) is 2.92. The van der Waals surface area contributed by atoms with E-state index in [1.54, 1.807) is 0 Å². The van der Waals surface area contributed by atoms with Gasteiger partial charge in [0.2, 0.25) is 0 Å². The van der Waals surface area contributed by atoms with Gasteiger partial charge in [-0.1, -0.05) is 20.3 Å².